The van der Waals surface area contributed by atoms with Gasteiger partial charge in [-0.15, -0.1) is 11.3 Å². The smallest absolute Gasteiger partial charge is 0.317 e. The molecule has 6 heteroatoms. The van der Waals surface area contributed by atoms with Crippen LogP contribution in [0, 0.1) is 5.92 Å². The molecular formula is C24H25NO4S. The molecule has 30 heavy (non-hydrogen) atoms. The number of hydrogen-bond acceptors (Lipinski definition) is 5. The van der Waals surface area contributed by atoms with E-state index in [0.29, 0.717) is 17.7 Å². The van der Waals surface area contributed by atoms with E-state index in [0.717, 1.165) is 16.9 Å². The van der Waals surface area contributed by atoms with Crippen LogP contribution in [0.5, 0.6) is 0 Å². The summed E-state index contributed by atoms with van der Waals surface area (Å²) in [5.74, 6) is -2.34. The number of carbonyl (C=O) groups excluding carboxylic acids is 3. The molecule has 0 saturated heterocycles. The Balaban J connectivity index is 1.78. The highest BCUT2D eigenvalue weighted by Crippen LogP contribution is 2.46. The van der Waals surface area contributed by atoms with Crippen molar-refractivity contribution >= 4 is 29.0 Å². The molecule has 0 saturated carbocycles. The highest BCUT2D eigenvalue weighted by Gasteiger charge is 2.47. The predicted octanol–water partition coefficient (Wildman–Crippen LogP) is 4.10. The van der Waals surface area contributed by atoms with Crippen molar-refractivity contribution in [3.63, 3.8) is 0 Å². The van der Waals surface area contributed by atoms with Gasteiger partial charge in [0.05, 0.1) is 6.61 Å². The molecule has 2 aromatic rings. The van der Waals surface area contributed by atoms with Gasteiger partial charge < -0.3 is 10.1 Å². The maximum Gasteiger partial charge on any atom is 0.317 e. The van der Waals surface area contributed by atoms with E-state index < -0.39 is 11.9 Å². The normalized spacial score (nSPS) is 23.7. The van der Waals surface area contributed by atoms with Crippen molar-refractivity contribution in [3.8, 4) is 0 Å². The van der Waals surface area contributed by atoms with Crippen LogP contribution in [0.15, 0.2) is 53.0 Å². The lowest BCUT2D eigenvalue weighted by Crippen LogP contribution is -2.44. The molecule has 1 N–H and O–H groups in total. The number of nitrogens with one attached hydrogen (secondary N) is 1. The number of carbonyl (C=O) groups is 3. The second kappa shape index (κ2) is 8.56. The Kier molecular flexibility index (Phi) is 5.86. The van der Waals surface area contributed by atoms with Gasteiger partial charge in [-0.3, -0.25) is 14.4 Å². The highest BCUT2D eigenvalue weighted by molar-refractivity contribution is 7.10. The molecule has 1 aromatic heterocycles. The molecule has 2 heterocycles. The molecule has 0 unspecified atom stereocenters. The van der Waals surface area contributed by atoms with Crippen LogP contribution in [0.3, 0.4) is 0 Å². The van der Waals surface area contributed by atoms with Crippen molar-refractivity contribution in [2.45, 2.75) is 44.9 Å². The third-order valence-corrected chi connectivity index (χ3v) is 6.97. The Morgan fingerprint density at radius 2 is 1.90 bits per heavy atom. The largest absolute Gasteiger partial charge is 0.465 e. The summed E-state index contributed by atoms with van der Waals surface area (Å²) < 4.78 is 5.29. The van der Waals surface area contributed by atoms with Crippen LogP contribution in [0.4, 0.5) is 0 Å². The molecule has 1 aliphatic carbocycles. The van der Waals surface area contributed by atoms with Crippen LogP contribution in [0.2, 0.25) is 0 Å². The van der Waals surface area contributed by atoms with E-state index in [1.54, 1.807) is 6.92 Å². The van der Waals surface area contributed by atoms with E-state index >= 15 is 0 Å². The molecule has 4 rings (SSSR count). The van der Waals surface area contributed by atoms with Crippen molar-refractivity contribution in [1.29, 1.82) is 0 Å². The number of esters is 1. The fraction of sp³-hybridized carbons (Fsp3) is 0.375. The zero-order chi connectivity index (χ0) is 21.3. The summed E-state index contributed by atoms with van der Waals surface area (Å²) in [7, 11) is 0. The first kappa shape index (κ1) is 20.5. The third-order valence-electron chi connectivity index (χ3n) is 5.97. The minimum Gasteiger partial charge on any atom is -0.465 e. The van der Waals surface area contributed by atoms with E-state index in [1.807, 2.05) is 41.8 Å². The van der Waals surface area contributed by atoms with E-state index in [9.17, 15) is 14.4 Å². The Bertz CT molecular complexity index is 991. The minimum atomic E-state index is -0.880. The summed E-state index contributed by atoms with van der Waals surface area (Å²) in [6, 6.07) is 11.9. The van der Waals surface area contributed by atoms with E-state index in [1.165, 1.54) is 16.9 Å². The third kappa shape index (κ3) is 3.72. The molecule has 156 valence electrons. The van der Waals surface area contributed by atoms with Crippen LogP contribution >= 0.6 is 11.3 Å². The van der Waals surface area contributed by atoms with Gasteiger partial charge in [0.2, 0.25) is 5.91 Å². The van der Waals surface area contributed by atoms with Crippen LogP contribution in [-0.2, 0) is 25.5 Å². The summed E-state index contributed by atoms with van der Waals surface area (Å²) in [4.78, 5) is 40.0. The lowest BCUT2D eigenvalue weighted by atomic mass is 9.69. The minimum absolute atomic E-state index is 0.0920. The summed E-state index contributed by atoms with van der Waals surface area (Å²) in [5.41, 5.74) is 3.34. The highest BCUT2D eigenvalue weighted by atomic mass is 32.1. The molecule has 1 aromatic carbocycles. The molecule has 3 atom stereocenters. The Morgan fingerprint density at radius 1 is 1.13 bits per heavy atom. The van der Waals surface area contributed by atoms with Crippen molar-refractivity contribution in [2.24, 2.45) is 5.92 Å². The van der Waals surface area contributed by atoms with Crippen LogP contribution < -0.4 is 5.32 Å². The monoisotopic (exact) mass is 423 g/mol. The Hall–Kier alpha value is -2.73. The van der Waals surface area contributed by atoms with Gasteiger partial charge in [0.15, 0.2) is 5.78 Å². The lowest BCUT2D eigenvalue weighted by molar-refractivity contribution is -0.152. The number of hydrogen-bond donors (Lipinski definition) is 1. The molecule has 0 fully saturated rings. The van der Waals surface area contributed by atoms with Gasteiger partial charge >= 0.3 is 5.97 Å². The Labute approximate surface area is 180 Å². The number of ether oxygens (including phenoxy) is 1. The zero-order valence-corrected chi connectivity index (χ0v) is 18.0. The summed E-state index contributed by atoms with van der Waals surface area (Å²) in [6.45, 7) is 4.06. The SMILES string of the molecule is CCOC(=O)[C@@H]1C(=O)C2=C(C[C@@H]1c1cccs1)NC(=O)C[C@H]2c1ccc(CC)cc1. The topological polar surface area (TPSA) is 72.5 Å². The van der Waals surface area contributed by atoms with Crippen LogP contribution in [-0.4, -0.2) is 24.3 Å². The number of amides is 1. The average Bonchev–Trinajstić information content (AvgIpc) is 3.27. The van der Waals surface area contributed by atoms with Gasteiger partial charge in [0.25, 0.3) is 0 Å². The lowest BCUT2D eigenvalue weighted by Gasteiger charge is -2.37. The van der Waals surface area contributed by atoms with Gasteiger partial charge in [0.1, 0.15) is 5.92 Å². The zero-order valence-electron chi connectivity index (χ0n) is 17.1. The summed E-state index contributed by atoms with van der Waals surface area (Å²) in [6.07, 6.45) is 1.57. The fourth-order valence-electron chi connectivity index (χ4n) is 4.49. The number of thiophene rings is 1. The van der Waals surface area contributed by atoms with Crippen molar-refractivity contribution in [2.75, 3.05) is 6.61 Å². The molecule has 2 aliphatic rings. The number of allylic oxidation sites excluding steroid dienone is 2. The second-order valence-corrected chi connectivity index (χ2v) is 8.69. The maximum absolute atomic E-state index is 13.7. The molecule has 0 spiro atoms. The van der Waals surface area contributed by atoms with E-state index in [2.05, 4.69) is 12.2 Å². The predicted molar refractivity (Wildman–Crippen MR) is 115 cm³/mol. The van der Waals surface area contributed by atoms with Gasteiger partial charge in [-0.1, -0.05) is 37.3 Å². The van der Waals surface area contributed by atoms with Crippen molar-refractivity contribution < 1.29 is 19.1 Å². The van der Waals surface area contributed by atoms with E-state index in [-0.39, 0.29) is 36.6 Å². The standard InChI is InChI=1S/C24H25NO4S/c1-3-14-7-9-15(10-8-14)16-13-20(26)25-18-12-17(19-6-5-11-30-19)22(23(27)21(16)18)24(28)29-4-2/h5-11,16-17,22H,3-4,12-13H2,1-2H3,(H,25,26)/t16-,17+,22-/m0/s1. The molecule has 1 aliphatic heterocycles. The van der Waals surface area contributed by atoms with Gasteiger partial charge in [0, 0.05) is 34.4 Å². The molecular weight excluding hydrogens is 398 g/mol. The van der Waals surface area contributed by atoms with Gasteiger partial charge in [-0.25, -0.2) is 0 Å². The van der Waals surface area contributed by atoms with Gasteiger partial charge in [-0.2, -0.15) is 0 Å². The molecule has 5 nitrogen and oxygen atoms in total. The van der Waals surface area contributed by atoms with Crippen LogP contribution in [0.25, 0.3) is 0 Å². The average molecular weight is 424 g/mol. The first-order valence-electron chi connectivity index (χ1n) is 10.4. The molecule has 0 radical (unpaired) electrons. The number of rotatable bonds is 5. The van der Waals surface area contributed by atoms with E-state index in [4.69, 9.17) is 4.74 Å². The van der Waals surface area contributed by atoms with Gasteiger partial charge in [-0.05, 0) is 42.3 Å². The number of benzene rings is 1. The summed E-state index contributed by atoms with van der Waals surface area (Å²) in [5, 5.41) is 4.86. The van der Waals surface area contributed by atoms with Crippen molar-refractivity contribution in [3.05, 3.63) is 69.1 Å². The first-order chi connectivity index (χ1) is 14.5. The fourth-order valence-corrected chi connectivity index (χ4v) is 5.36. The second-order valence-electron chi connectivity index (χ2n) is 7.71. The number of Topliss-reactive ketones (excluding diaryl/α,β-unsaturated/α-hetero) is 1. The van der Waals surface area contributed by atoms with Crippen LogP contribution in [0.1, 0.15) is 54.5 Å². The summed E-state index contributed by atoms with van der Waals surface area (Å²) >= 11 is 1.52. The molecule has 1 amide bonds. The number of aryl methyl sites for hydroxylation is 1. The Morgan fingerprint density at radius 3 is 2.53 bits per heavy atom. The maximum atomic E-state index is 13.7. The quantitative estimate of drug-likeness (QED) is 0.580. The first-order valence-corrected chi connectivity index (χ1v) is 11.3. The molecule has 0 bridgehead atoms. The number of ketones is 1. The van der Waals surface area contributed by atoms with Crippen molar-refractivity contribution in [1.82, 2.24) is 5.32 Å².